The fraction of sp³-hybridized carbons (Fsp3) is 0.0556. The van der Waals surface area contributed by atoms with E-state index in [1.54, 1.807) is 0 Å². The third kappa shape index (κ3) is 3.07. The molecule has 0 spiro atoms. The first kappa shape index (κ1) is 21.3. The predicted octanol–water partition coefficient (Wildman–Crippen LogP) is 8.86. The zero-order chi connectivity index (χ0) is 25.1. The van der Waals surface area contributed by atoms with Crippen molar-refractivity contribution in [1.29, 1.82) is 0 Å². The molecule has 0 saturated heterocycles. The van der Waals surface area contributed by atoms with E-state index in [1.165, 1.54) is 66.7 Å². The predicted molar refractivity (Wildman–Crippen MR) is 157 cm³/mol. The van der Waals surface area contributed by atoms with E-state index in [1.807, 2.05) is 0 Å². The summed E-state index contributed by atoms with van der Waals surface area (Å²) in [6.07, 6.45) is 0.865. The van der Waals surface area contributed by atoms with Gasteiger partial charge in [0.05, 0.1) is 17.1 Å². The third-order valence-corrected chi connectivity index (χ3v) is 8.08. The molecule has 5 aromatic carbocycles. The van der Waals surface area contributed by atoms with E-state index in [-0.39, 0.29) is 5.92 Å². The Kier molecular flexibility index (Phi) is 4.68. The first-order valence-electron chi connectivity index (χ1n) is 13.3. The smallest absolute Gasteiger partial charge is 0.0548 e. The lowest BCUT2D eigenvalue weighted by molar-refractivity contribution is 0.942. The summed E-state index contributed by atoms with van der Waals surface area (Å²) < 4.78 is 2.52. The summed E-state index contributed by atoms with van der Waals surface area (Å²) in [5.74, 6) is 0.115. The van der Waals surface area contributed by atoms with Gasteiger partial charge in [-0.25, -0.2) is 0 Å². The van der Waals surface area contributed by atoms with Crippen molar-refractivity contribution in [3.63, 3.8) is 0 Å². The van der Waals surface area contributed by atoms with Crippen molar-refractivity contribution < 1.29 is 0 Å². The second-order valence-corrected chi connectivity index (χ2v) is 10.2. The van der Waals surface area contributed by atoms with Crippen LogP contribution in [-0.2, 0) is 6.42 Å². The van der Waals surface area contributed by atoms with Gasteiger partial charge in [0, 0.05) is 39.7 Å². The fourth-order valence-corrected chi connectivity index (χ4v) is 6.56. The summed E-state index contributed by atoms with van der Waals surface area (Å²) in [5, 5.41) is 2.61. The number of aromatic amines is 1. The van der Waals surface area contributed by atoms with E-state index in [4.69, 9.17) is 0 Å². The SMILES string of the molecule is c1ccc(Cc2[nH]c3ccccc3c2C2c3ccccc3-n3c2c(-c2ccccc2)c2ccccc23)cc1. The third-order valence-electron chi connectivity index (χ3n) is 8.08. The Hall–Kier alpha value is -4.82. The maximum atomic E-state index is 3.83. The van der Waals surface area contributed by atoms with Gasteiger partial charge >= 0.3 is 0 Å². The zero-order valence-electron chi connectivity index (χ0n) is 20.9. The molecule has 1 aliphatic heterocycles. The van der Waals surface area contributed by atoms with E-state index in [0.717, 1.165) is 6.42 Å². The summed E-state index contributed by atoms with van der Waals surface area (Å²) in [4.78, 5) is 3.83. The van der Waals surface area contributed by atoms with Crippen LogP contribution in [0.1, 0.15) is 34.0 Å². The molecule has 1 atom stereocenters. The van der Waals surface area contributed by atoms with Crippen LogP contribution in [0.4, 0.5) is 0 Å². The Morgan fingerprint density at radius 1 is 0.605 bits per heavy atom. The summed E-state index contributed by atoms with van der Waals surface area (Å²) in [5.41, 5.74) is 13.0. The number of para-hydroxylation sites is 3. The molecular formula is C36H26N2. The first-order valence-corrected chi connectivity index (χ1v) is 13.3. The van der Waals surface area contributed by atoms with E-state index < -0.39 is 0 Å². The van der Waals surface area contributed by atoms with Gasteiger partial charge in [-0.2, -0.15) is 0 Å². The topological polar surface area (TPSA) is 20.7 Å². The molecule has 1 unspecified atom stereocenters. The number of aromatic nitrogens is 2. The van der Waals surface area contributed by atoms with Crippen molar-refractivity contribution >= 4 is 21.8 Å². The molecule has 1 aliphatic rings. The van der Waals surface area contributed by atoms with Crippen LogP contribution in [-0.4, -0.2) is 9.55 Å². The Morgan fingerprint density at radius 2 is 1.26 bits per heavy atom. The molecule has 0 saturated carbocycles. The average Bonchev–Trinajstić information content (AvgIpc) is 3.61. The molecule has 2 heteroatoms. The highest BCUT2D eigenvalue weighted by Gasteiger charge is 2.37. The maximum absolute atomic E-state index is 3.83. The molecule has 1 N–H and O–H groups in total. The Balaban J connectivity index is 1.49. The van der Waals surface area contributed by atoms with Crippen LogP contribution >= 0.6 is 0 Å². The van der Waals surface area contributed by atoms with Crippen molar-refractivity contribution in [2.75, 3.05) is 0 Å². The minimum absolute atomic E-state index is 0.115. The standard InChI is InChI=1S/C36H26N2/c1-3-13-24(14-4-1)23-30-34(26-17-7-10-20-29(26)37-30)35-28-19-9-12-22-32(28)38-31-21-11-8-18-27(31)33(36(35)38)25-15-5-2-6-16-25/h1-22,35,37H,23H2. The van der Waals surface area contributed by atoms with Crippen molar-refractivity contribution in [3.05, 3.63) is 162 Å². The number of H-pyrrole nitrogens is 1. The molecular weight excluding hydrogens is 460 g/mol. The molecule has 38 heavy (non-hydrogen) atoms. The molecule has 7 aromatic rings. The largest absolute Gasteiger partial charge is 0.358 e. The second-order valence-electron chi connectivity index (χ2n) is 10.2. The second kappa shape index (κ2) is 8.36. The Morgan fingerprint density at radius 3 is 2.11 bits per heavy atom. The minimum atomic E-state index is 0.115. The molecule has 180 valence electrons. The molecule has 0 amide bonds. The highest BCUT2D eigenvalue weighted by Crippen LogP contribution is 2.52. The number of nitrogens with zero attached hydrogens (tertiary/aromatic N) is 1. The lowest BCUT2D eigenvalue weighted by atomic mass is 9.84. The first-order chi connectivity index (χ1) is 18.9. The molecule has 2 nitrogen and oxygen atoms in total. The minimum Gasteiger partial charge on any atom is -0.358 e. The van der Waals surface area contributed by atoms with Crippen molar-refractivity contribution in [2.45, 2.75) is 12.3 Å². The van der Waals surface area contributed by atoms with Gasteiger partial charge in [0.2, 0.25) is 0 Å². The molecule has 0 bridgehead atoms. The highest BCUT2D eigenvalue weighted by molar-refractivity contribution is 6.02. The van der Waals surface area contributed by atoms with Crippen molar-refractivity contribution in [2.24, 2.45) is 0 Å². The van der Waals surface area contributed by atoms with Gasteiger partial charge in [0.1, 0.15) is 0 Å². The van der Waals surface area contributed by atoms with E-state index in [9.17, 15) is 0 Å². The Labute approximate surface area is 221 Å². The Bertz CT molecular complexity index is 1930. The lowest BCUT2D eigenvalue weighted by Crippen LogP contribution is -2.05. The number of hydrogen-bond donors (Lipinski definition) is 1. The maximum Gasteiger partial charge on any atom is 0.0548 e. The number of fused-ring (bicyclic) bond motifs is 6. The zero-order valence-corrected chi connectivity index (χ0v) is 20.9. The summed E-state index contributed by atoms with van der Waals surface area (Å²) in [7, 11) is 0. The summed E-state index contributed by atoms with van der Waals surface area (Å²) in [6.45, 7) is 0. The number of nitrogens with one attached hydrogen (secondary N) is 1. The van der Waals surface area contributed by atoms with Gasteiger partial charge in [-0.05, 0) is 40.5 Å². The van der Waals surface area contributed by atoms with E-state index in [2.05, 4.69) is 143 Å². The van der Waals surface area contributed by atoms with Crippen molar-refractivity contribution in [1.82, 2.24) is 9.55 Å². The molecule has 8 rings (SSSR count). The van der Waals surface area contributed by atoms with Crippen LogP contribution in [0.15, 0.2) is 133 Å². The van der Waals surface area contributed by atoms with Gasteiger partial charge in [-0.15, -0.1) is 0 Å². The number of hydrogen-bond acceptors (Lipinski definition) is 0. The fourth-order valence-electron chi connectivity index (χ4n) is 6.56. The number of benzene rings is 5. The summed E-state index contributed by atoms with van der Waals surface area (Å²) in [6, 6.07) is 48.3. The molecule has 0 fully saturated rings. The number of rotatable bonds is 4. The summed E-state index contributed by atoms with van der Waals surface area (Å²) >= 11 is 0. The van der Waals surface area contributed by atoms with Crippen LogP contribution in [0.3, 0.4) is 0 Å². The van der Waals surface area contributed by atoms with Crippen LogP contribution < -0.4 is 0 Å². The average molecular weight is 487 g/mol. The van der Waals surface area contributed by atoms with Crippen LogP contribution in [0.25, 0.3) is 38.6 Å². The van der Waals surface area contributed by atoms with Crippen molar-refractivity contribution in [3.8, 4) is 16.8 Å². The van der Waals surface area contributed by atoms with Gasteiger partial charge in [-0.3, -0.25) is 0 Å². The van der Waals surface area contributed by atoms with Gasteiger partial charge < -0.3 is 9.55 Å². The molecule has 0 aliphatic carbocycles. The van der Waals surface area contributed by atoms with Gasteiger partial charge in [0.15, 0.2) is 0 Å². The van der Waals surface area contributed by atoms with Crippen LogP contribution in [0.2, 0.25) is 0 Å². The molecule has 3 heterocycles. The van der Waals surface area contributed by atoms with E-state index in [0.29, 0.717) is 0 Å². The quantitative estimate of drug-likeness (QED) is 0.256. The van der Waals surface area contributed by atoms with Gasteiger partial charge in [0.25, 0.3) is 0 Å². The van der Waals surface area contributed by atoms with E-state index >= 15 is 0 Å². The van der Waals surface area contributed by atoms with Gasteiger partial charge in [-0.1, -0.05) is 115 Å². The van der Waals surface area contributed by atoms with Crippen LogP contribution in [0, 0.1) is 0 Å². The molecule has 2 aromatic heterocycles. The highest BCUT2D eigenvalue weighted by atomic mass is 15.0. The van der Waals surface area contributed by atoms with Crippen LogP contribution in [0.5, 0.6) is 0 Å². The lowest BCUT2D eigenvalue weighted by Gasteiger charge is -2.17. The normalized spacial score (nSPS) is 14.2. The molecule has 0 radical (unpaired) electrons. The monoisotopic (exact) mass is 486 g/mol.